The molecule has 1 aliphatic heterocycles. The van der Waals surface area contributed by atoms with Crippen LogP contribution in [-0.4, -0.2) is 54.2 Å². The maximum atomic E-state index is 11.6. The quantitative estimate of drug-likeness (QED) is 0.443. The molecule has 3 aromatic heterocycles. The Morgan fingerprint density at radius 2 is 2.03 bits per heavy atom. The third-order valence-corrected chi connectivity index (χ3v) is 5.95. The summed E-state index contributed by atoms with van der Waals surface area (Å²) in [5.41, 5.74) is 4.17. The van der Waals surface area contributed by atoms with Gasteiger partial charge in [0.25, 0.3) is 0 Å². The molecule has 10 heteroatoms. The fourth-order valence-electron chi connectivity index (χ4n) is 4.21. The molecule has 0 saturated carbocycles. The molecule has 0 bridgehead atoms. The normalized spacial score (nSPS) is 18.3. The lowest BCUT2D eigenvalue weighted by Crippen LogP contribution is -2.31. The van der Waals surface area contributed by atoms with Gasteiger partial charge < -0.3 is 15.0 Å². The van der Waals surface area contributed by atoms with Gasteiger partial charge in [0.05, 0.1) is 24.9 Å². The zero-order valence-electron chi connectivity index (χ0n) is 17.7. The number of aryl methyl sites for hydroxylation is 1. The smallest absolute Gasteiger partial charge is 0.305 e. The third kappa shape index (κ3) is 4.02. The van der Waals surface area contributed by atoms with E-state index < -0.39 is 0 Å². The molecule has 4 heterocycles. The topological polar surface area (TPSA) is 90.1 Å². The fourth-order valence-corrected chi connectivity index (χ4v) is 4.54. The van der Waals surface area contributed by atoms with Crippen LogP contribution in [0.1, 0.15) is 47.6 Å². The lowest BCUT2D eigenvalue weighted by atomic mass is 9.96. The monoisotopic (exact) mass is 439 g/mol. The van der Waals surface area contributed by atoms with Gasteiger partial charge in [0.15, 0.2) is 5.11 Å². The SMILES string of the molecule is COC(=O)CCCN1C(=S)N[C@@H](c2ccccn2)[C@@H]1c1cc(C)n(-n2cnnc2)c1C. The molecule has 1 aliphatic rings. The number of nitrogens with one attached hydrogen (secondary N) is 1. The number of methoxy groups -OCH3 is 1. The van der Waals surface area contributed by atoms with Crippen LogP contribution in [0.25, 0.3) is 0 Å². The Balaban J connectivity index is 1.73. The molecule has 0 aromatic carbocycles. The summed E-state index contributed by atoms with van der Waals surface area (Å²) in [6, 6.07) is 7.86. The highest BCUT2D eigenvalue weighted by Gasteiger charge is 2.41. The van der Waals surface area contributed by atoms with Crippen LogP contribution in [0.5, 0.6) is 0 Å². The van der Waals surface area contributed by atoms with E-state index in [1.54, 1.807) is 18.9 Å². The van der Waals surface area contributed by atoms with E-state index >= 15 is 0 Å². The van der Waals surface area contributed by atoms with E-state index in [9.17, 15) is 4.79 Å². The van der Waals surface area contributed by atoms with Crippen LogP contribution in [0.4, 0.5) is 0 Å². The summed E-state index contributed by atoms with van der Waals surface area (Å²) in [6.07, 6.45) is 6.12. The van der Waals surface area contributed by atoms with Gasteiger partial charge >= 0.3 is 5.97 Å². The number of carbonyl (C=O) groups excluding carboxylic acids is 1. The molecule has 2 atom stereocenters. The van der Waals surface area contributed by atoms with Gasteiger partial charge in [0, 0.05) is 36.1 Å². The number of aromatic nitrogens is 5. The van der Waals surface area contributed by atoms with E-state index in [0.29, 0.717) is 24.5 Å². The van der Waals surface area contributed by atoms with Crippen molar-refractivity contribution >= 4 is 23.3 Å². The minimum Gasteiger partial charge on any atom is -0.469 e. The van der Waals surface area contributed by atoms with Crippen LogP contribution in [0.2, 0.25) is 0 Å². The van der Waals surface area contributed by atoms with E-state index in [2.05, 4.69) is 50.0 Å². The first-order chi connectivity index (χ1) is 15.0. The van der Waals surface area contributed by atoms with E-state index in [-0.39, 0.29) is 18.1 Å². The van der Waals surface area contributed by atoms with Crippen molar-refractivity contribution in [2.75, 3.05) is 13.7 Å². The minimum atomic E-state index is -0.221. The van der Waals surface area contributed by atoms with Crippen LogP contribution >= 0.6 is 12.2 Å². The first-order valence-electron chi connectivity index (χ1n) is 10.1. The molecular formula is C21H25N7O2S. The van der Waals surface area contributed by atoms with Crippen LogP contribution in [0, 0.1) is 13.8 Å². The van der Waals surface area contributed by atoms with Crippen molar-refractivity contribution in [3.05, 3.63) is 65.8 Å². The molecule has 1 fully saturated rings. The summed E-state index contributed by atoms with van der Waals surface area (Å²) < 4.78 is 8.71. The number of pyridine rings is 1. The van der Waals surface area contributed by atoms with Gasteiger partial charge in [0.1, 0.15) is 12.7 Å². The predicted octanol–water partition coefficient (Wildman–Crippen LogP) is 2.33. The largest absolute Gasteiger partial charge is 0.469 e. The summed E-state index contributed by atoms with van der Waals surface area (Å²) in [6.45, 7) is 4.76. The molecule has 0 unspecified atom stereocenters. The maximum Gasteiger partial charge on any atom is 0.305 e. The first-order valence-corrected chi connectivity index (χ1v) is 10.5. The number of ether oxygens (including phenoxy) is 1. The van der Waals surface area contributed by atoms with Crippen LogP contribution in [0.3, 0.4) is 0 Å². The van der Waals surface area contributed by atoms with Crippen LogP contribution in [0.15, 0.2) is 43.1 Å². The summed E-state index contributed by atoms with van der Waals surface area (Å²) in [5.74, 6) is -0.221. The number of hydrogen-bond donors (Lipinski definition) is 1. The molecule has 1 N–H and O–H groups in total. The number of carbonyl (C=O) groups is 1. The van der Waals surface area contributed by atoms with Gasteiger partial charge in [0.2, 0.25) is 0 Å². The Kier molecular flexibility index (Phi) is 5.99. The molecule has 0 spiro atoms. The first kappa shape index (κ1) is 21.0. The van der Waals surface area contributed by atoms with Gasteiger partial charge in [-0.05, 0) is 50.7 Å². The molecule has 4 rings (SSSR count). The Morgan fingerprint density at radius 1 is 1.26 bits per heavy atom. The summed E-state index contributed by atoms with van der Waals surface area (Å²) >= 11 is 5.70. The van der Waals surface area contributed by atoms with Crippen molar-refractivity contribution in [3.63, 3.8) is 0 Å². The second kappa shape index (κ2) is 8.84. The molecule has 0 aliphatic carbocycles. The van der Waals surface area contributed by atoms with E-state index in [4.69, 9.17) is 17.0 Å². The van der Waals surface area contributed by atoms with Crippen LogP contribution < -0.4 is 5.32 Å². The molecule has 0 radical (unpaired) electrons. The molecule has 3 aromatic rings. The van der Waals surface area contributed by atoms with Gasteiger partial charge in [-0.25, -0.2) is 4.68 Å². The molecule has 31 heavy (non-hydrogen) atoms. The van der Waals surface area contributed by atoms with Gasteiger partial charge in [-0.15, -0.1) is 10.2 Å². The lowest BCUT2D eigenvalue weighted by Gasteiger charge is -2.28. The number of esters is 1. The summed E-state index contributed by atoms with van der Waals surface area (Å²) in [7, 11) is 1.41. The van der Waals surface area contributed by atoms with Crippen molar-refractivity contribution in [2.24, 2.45) is 0 Å². The van der Waals surface area contributed by atoms with E-state index in [1.807, 2.05) is 22.9 Å². The minimum absolute atomic E-state index is 0.0727. The Bertz CT molecular complexity index is 1070. The van der Waals surface area contributed by atoms with Crippen molar-refractivity contribution in [1.29, 1.82) is 0 Å². The zero-order valence-corrected chi connectivity index (χ0v) is 18.5. The second-order valence-corrected chi connectivity index (χ2v) is 7.87. The average molecular weight is 440 g/mol. The second-order valence-electron chi connectivity index (χ2n) is 7.48. The highest BCUT2D eigenvalue weighted by atomic mass is 32.1. The zero-order chi connectivity index (χ0) is 22.0. The summed E-state index contributed by atoms with van der Waals surface area (Å²) in [5, 5.41) is 12.0. The highest BCUT2D eigenvalue weighted by Crippen LogP contribution is 2.40. The summed E-state index contributed by atoms with van der Waals surface area (Å²) in [4.78, 5) is 18.4. The third-order valence-electron chi connectivity index (χ3n) is 5.60. The van der Waals surface area contributed by atoms with Crippen molar-refractivity contribution in [1.82, 2.24) is 34.8 Å². The molecule has 162 valence electrons. The number of thiocarbonyl (C=S) groups is 1. The van der Waals surface area contributed by atoms with Crippen LogP contribution in [-0.2, 0) is 9.53 Å². The van der Waals surface area contributed by atoms with Gasteiger partial charge in [-0.1, -0.05) is 6.07 Å². The van der Waals surface area contributed by atoms with Crippen molar-refractivity contribution in [3.8, 4) is 0 Å². The Morgan fingerprint density at radius 3 is 2.71 bits per heavy atom. The highest BCUT2D eigenvalue weighted by molar-refractivity contribution is 7.80. The van der Waals surface area contributed by atoms with E-state index in [1.165, 1.54) is 7.11 Å². The number of hydrogen-bond acceptors (Lipinski definition) is 6. The standard InChI is InChI=1S/C21H25N7O2S/c1-14-11-16(15(2)28(14)26-12-23-24-13-26)20-19(17-7-4-5-9-22-17)25-21(31)27(20)10-6-8-18(29)30-3/h4-5,7,9,11-13,19-20H,6,8,10H2,1-3H3,(H,25,31)/t19-,20-/m0/s1. The average Bonchev–Trinajstić information content (AvgIpc) is 3.47. The fraction of sp³-hybridized carbons (Fsp3) is 0.381. The number of nitrogens with zero attached hydrogens (tertiary/aromatic N) is 6. The van der Waals surface area contributed by atoms with Crippen molar-refractivity contribution < 1.29 is 9.53 Å². The molecular weight excluding hydrogens is 414 g/mol. The Hall–Kier alpha value is -3.27. The lowest BCUT2D eigenvalue weighted by molar-refractivity contribution is -0.140. The molecule has 0 amide bonds. The Labute approximate surface area is 186 Å². The maximum absolute atomic E-state index is 11.6. The molecule has 9 nitrogen and oxygen atoms in total. The predicted molar refractivity (Wildman–Crippen MR) is 118 cm³/mol. The van der Waals surface area contributed by atoms with Crippen molar-refractivity contribution in [2.45, 2.75) is 38.8 Å². The molecule has 1 saturated heterocycles. The van der Waals surface area contributed by atoms with Gasteiger partial charge in [-0.3, -0.25) is 14.5 Å². The number of rotatable bonds is 7. The van der Waals surface area contributed by atoms with E-state index in [0.717, 1.165) is 22.6 Å². The van der Waals surface area contributed by atoms with Gasteiger partial charge in [-0.2, -0.15) is 0 Å².